The molecule has 5 heteroatoms. The molecule has 0 radical (unpaired) electrons. The molecule has 0 aliphatic carbocycles. The lowest BCUT2D eigenvalue weighted by Gasteiger charge is -2.05. The Bertz CT molecular complexity index is 943. The van der Waals surface area contributed by atoms with Gasteiger partial charge in [0.05, 0.1) is 18.4 Å². The molecule has 1 aromatic heterocycles. The number of ether oxygens (including phenoxy) is 1. The van der Waals surface area contributed by atoms with E-state index in [1.54, 1.807) is 43.5 Å². The summed E-state index contributed by atoms with van der Waals surface area (Å²) in [7, 11) is 1.60. The highest BCUT2D eigenvalue weighted by atomic mass is 19.1. The van der Waals surface area contributed by atoms with Gasteiger partial charge in [0.15, 0.2) is 0 Å². The van der Waals surface area contributed by atoms with E-state index >= 15 is 0 Å². The van der Waals surface area contributed by atoms with Crippen LogP contribution in [0.15, 0.2) is 64.5 Å². The average molecular weight is 310 g/mol. The Balaban J connectivity index is 2.21. The van der Waals surface area contributed by atoms with Crippen LogP contribution in [0.4, 0.5) is 10.1 Å². The first-order valence-electron chi connectivity index (χ1n) is 6.94. The van der Waals surface area contributed by atoms with Crippen molar-refractivity contribution in [1.29, 1.82) is 0 Å². The van der Waals surface area contributed by atoms with Crippen molar-refractivity contribution in [2.75, 3.05) is 7.11 Å². The van der Waals surface area contributed by atoms with Crippen LogP contribution in [-0.4, -0.2) is 7.11 Å². The number of nitrogens with zero attached hydrogens (tertiary/aromatic N) is 1. The lowest BCUT2D eigenvalue weighted by Crippen LogP contribution is -2.11. The number of methoxy groups -OCH3 is 1. The van der Waals surface area contributed by atoms with Crippen molar-refractivity contribution in [1.82, 2.24) is 0 Å². The molecule has 1 heterocycles. The molecule has 0 amide bonds. The summed E-state index contributed by atoms with van der Waals surface area (Å²) in [5, 5.41) is 0.597. The molecular formula is C18H15FN2O2. The van der Waals surface area contributed by atoms with Crippen LogP contribution >= 0.6 is 0 Å². The zero-order chi connectivity index (χ0) is 16.4. The van der Waals surface area contributed by atoms with Crippen LogP contribution < -0.4 is 16.0 Å². The molecule has 0 saturated heterocycles. The normalized spacial score (nSPS) is 11.7. The smallest absolute Gasteiger partial charge is 0.229 e. The van der Waals surface area contributed by atoms with E-state index < -0.39 is 0 Å². The quantitative estimate of drug-likeness (QED) is 0.801. The van der Waals surface area contributed by atoms with E-state index in [2.05, 4.69) is 11.6 Å². The van der Waals surface area contributed by atoms with Gasteiger partial charge >= 0.3 is 0 Å². The van der Waals surface area contributed by atoms with E-state index in [9.17, 15) is 4.39 Å². The summed E-state index contributed by atoms with van der Waals surface area (Å²) < 4.78 is 24.2. The van der Waals surface area contributed by atoms with Crippen LogP contribution in [0, 0.1) is 5.82 Å². The van der Waals surface area contributed by atoms with Crippen molar-refractivity contribution >= 4 is 22.4 Å². The standard InChI is InChI=1S/C18H15FN2O2/c1-11(20)16-10-12-9-13(19)3-8-17(12)23-18(16)21-14-4-6-15(22-2)7-5-14/h3-10H,1,20H2,2H3. The molecule has 2 aromatic carbocycles. The molecule has 0 saturated carbocycles. The summed E-state index contributed by atoms with van der Waals surface area (Å²) in [5.41, 5.74) is 8.16. The van der Waals surface area contributed by atoms with Gasteiger partial charge < -0.3 is 14.9 Å². The zero-order valence-corrected chi connectivity index (χ0v) is 12.5. The SMILES string of the molecule is C=C(N)c1cc2cc(F)ccc2oc1=Nc1ccc(OC)cc1. The summed E-state index contributed by atoms with van der Waals surface area (Å²) >= 11 is 0. The Morgan fingerprint density at radius 2 is 1.91 bits per heavy atom. The summed E-state index contributed by atoms with van der Waals surface area (Å²) in [4.78, 5) is 4.45. The van der Waals surface area contributed by atoms with Gasteiger partial charge in [0.1, 0.15) is 17.1 Å². The van der Waals surface area contributed by atoms with E-state index in [0.29, 0.717) is 33.5 Å². The number of benzene rings is 2. The van der Waals surface area contributed by atoms with Gasteiger partial charge in [-0.2, -0.15) is 0 Å². The zero-order valence-electron chi connectivity index (χ0n) is 12.5. The van der Waals surface area contributed by atoms with E-state index in [1.807, 2.05) is 0 Å². The van der Waals surface area contributed by atoms with Crippen molar-refractivity contribution in [3.05, 3.63) is 72.0 Å². The van der Waals surface area contributed by atoms with Crippen LogP contribution in [0.1, 0.15) is 5.56 Å². The van der Waals surface area contributed by atoms with Gasteiger partial charge in [-0.05, 0) is 48.5 Å². The first-order valence-corrected chi connectivity index (χ1v) is 6.94. The Labute approximate surface area is 132 Å². The Kier molecular flexibility index (Phi) is 3.85. The van der Waals surface area contributed by atoms with Crippen molar-refractivity contribution in [3.63, 3.8) is 0 Å². The topological polar surface area (TPSA) is 60.8 Å². The summed E-state index contributed by atoms with van der Waals surface area (Å²) in [6.45, 7) is 3.73. The Morgan fingerprint density at radius 3 is 2.57 bits per heavy atom. The molecule has 4 nitrogen and oxygen atoms in total. The highest BCUT2D eigenvalue weighted by Gasteiger charge is 2.06. The fourth-order valence-electron chi connectivity index (χ4n) is 2.19. The van der Waals surface area contributed by atoms with Crippen LogP contribution in [0.5, 0.6) is 5.75 Å². The van der Waals surface area contributed by atoms with Gasteiger partial charge in [-0.15, -0.1) is 0 Å². The number of fused-ring (bicyclic) bond motifs is 1. The summed E-state index contributed by atoms with van der Waals surface area (Å²) in [5.74, 6) is 0.388. The van der Waals surface area contributed by atoms with Gasteiger partial charge in [0.25, 0.3) is 0 Å². The minimum Gasteiger partial charge on any atom is -0.497 e. The fourth-order valence-corrected chi connectivity index (χ4v) is 2.19. The van der Waals surface area contributed by atoms with E-state index in [-0.39, 0.29) is 5.82 Å². The van der Waals surface area contributed by atoms with Gasteiger partial charge in [-0.3, -0.25) is 0 Å². The van der Waals surface area contributed by atoms with Crippen LogP contribution in [0.25, 0.3) is 16.7 Å². The first-order chi connectivity index (χ1) is 11.1. The molecule has 116 valence electrons. The van der Waals surface area contributed by atoms with Crippen molar-refractivity contribution < 1.29 is 13.5 Å². The lowest BCUT2D eigenvalue weighted by atomic mass is 10.1. The molecule has 0 aliphatic rings. The second-order valence-corrected chi connectivity index (χ2v) is 4.98. The summed E-state index contributed by atoms with van der Waals surface area (Å²) in [6, 6.07) is 13.2. The average Bonchev–Trinajstić information content (AvgIpc) is 2.55. The third kappa shape index (κ3) is 3.08. The Morgan fingerprint density at radius 1 is 1.17 bits per heavy atom. The molecular weight excluding hydrogens is 295 g/mol. The fraction of sp³-hybridized carbons (Fsp3) is 0.0556. The molecule has 0 aliphatic heterocycles. The molecule has 23 heavy (non-hydrogen) atoms. The lowest BCUT2D eigenvalue weighted by molar-refractivity contribution is 0.415. The van der Waals surface area contributed by atoms with Crippen LogP contribution in [-0.2, 0) is 0 Å². The molecule has 2 N–H and O–H groups in total. The molecule has 0 unspecified atom stereocenters. The van der Waals surface area contributed by atoms with Crippen molar-refractivity contribution in [2.45, 2.75) is 0 Å². The minimum atomic E-state index is -0.346. The maximum absolute atomic E-state index is 13.4. The summed E-state index contributed by atoms with van der Waals surface area (Å²) in [6.07, 6.45) is 0. The minimum absolute atomic E-state index is 0.298. The van der Waals surface area contributed by atoms with Gasteiger partial charge in [0.2, 0.25) is 5.55 Å². The van der Waals surface area contributed by atoms with Crippen molar-refractivity contribution in [3.8, 4) is 5.75 Å². The number of hydrogen-bond acceptors (Lipinski definition) is 4. The molecule has 0 atom stereocenters. The van der Waals surface area contributed by atoms with Gasteiger partial charge in [0, 0.05) is 11.1 Å². The molecule has 0 fully saturated rings. The van der Waals surface area contributed by atoms with Crippen LogP contribution in [0.3, 0.4) is 0 Å². The molecule has 0 spiro atoms. The molecule has 0 bridgehead atoms. The first kappa shape index (κ1) is 14.8. The van der Waals surface area contributed by atoms with E-state index in [0.717, 1.165) is 5.75 Å². The van der Waals surface area contributed by atoms with Crippen LogP contribution in [0.2, 0.25) is 0 Å². The second-order valence-electron chi connectivity index (χ2n) is 4.98. The maximum Gasteiger partial charge on any atom is 0.229 e. The monoisotopic (exact) mass is 310 g/mol. The van der Waals surface area contributed by atoms with Gasteiger partial charge in [-0.25, -0.2) is 9.38 Å². The highest BCUT2D eigenvalue weighted by molar-refractivity contribution is 5.80. The maximum atomic E-state index is 13.4. The number of halogens is 1. The van der Waals surface area contributed by atoms with E-state index in [1.165, 1.54) is 12.1 Å². The van der Waals surface area contributed by atoms with Gasteiger partial charge in [-0.1, -0.05) is 6.58 Å². The third-order valence-electron chi connectivity index (χ3n) is 3.36. The number of rotatable bonds is 3. The van der Waals surface area contributed by atoms with Crippen molar-refractivity contribution in [2.24, 2.45) is 10.7 Å². The molecule has 3 aromatic rings. The largest absolute Gasteiger partial charge is 0.497 e. The van der Waals surface area contributed by atoms with E-state index in [4.69, 9.17) is 14.9 Å². The number of nitrogens with two attached hydrogens (primary N) is 1. The third-order valence-corrected chi connectivity index (χ3v) is 3.36. The highest BCUT2D eigenvalue weighted by Crippen LogP contribution is 2.20. The second kappa shape index (κ2) is 5.96. The Hall–Kier alpha value is -3.08. The predicted octanol–water partition coefficient (Wildman–Crippen LogP) is 3.74. The predicted molar refractivity (Wildman–Crippen MR) is 87.6 cm³/mol. The molecule has 3 rings (SSSR count). The number of hydrogen-bond donors (Lipinski definition) is 1.